The fourth-order valence-corrected chi connectivity index (χ4v) is 1.37. The summed E-state index contributed by atoms with van der Waals surface area (Å²) in [5.41, 5.74) is -0.416. The number of hydrogen-bond donors (Lipinski definition) is 0. The Labute approximate surface area is 85.6 Å². The molecule has 0 N–H and O–H groups in total. The first-order valence-corrected chi connectivity index (χ1v) is 4.99. The van der Waals surface area contributed by atoms with Crippen molar-refractivity contribution in [3.8, 4) is 0 Å². The average molecular weight is 199 g/mol. The maximum Gasteiger partial charge on any atom is 0.410 e. The molecular formula is C10H19N2O2. The predicted molar refractivity (Wildman–Crippen MR) is 54.3 cm³/mol. The van der Waals surface area contributed by atoms with E-state index in [4.69, 9.17) is 4.74 Å². The molecule has 1 heterocycles. The van der Waals surface area contributed by atoms with E-state index < -0.39 is 5.60 Å². The van der Waals surface area contributed by atoms with Crippen molar-refractivity contribution < 1.29 is 9.53 Å². The molecule has 1 rings (SSSR count). The van der Waals surface area contributed by atoms with Gasteiger partial charge in [-0.15, -0.1) is 0 Å². The maximum atomic E-state index is 11.6. The molecule has 0 aromatic heterocycles. The number of ether oxygens (including phenoxy) is 1. The molecule has 0 aromatic carbocycles. The minimum atomic E-state index is -0.416. The molecule has 0 aromatic rings. The highest BCUT2D eigenvalue weighted by molar-refractivity contribution is 5.68. The largest absolute Gasteiger partial charge is 0.444 e. The summed E-state index contributed by atoms with van der Waals surface area (Å²) in [6.07, 6.45) is 0.704. The van der Waals surface area contributed by atoms with Crippen LogP contribution in [0.5, 0.6) is 0 Å². The second-order valence-corrected chi connectivity index (χ2v) is 4.66. The van der Waals surface area contributed by atoms with E-state index >= 15 is 0 Å². The Morgan fingerprint density at radius 1 is 1.50 bits per heavy atom. The fraction of sp³-hybridized carbons (Fsp3) is 0.900. The fourth-order valence-electron chi connectivity index (χ4n) is 1.37. The molecule has 81 valence electrons. The quantitative estimate of drug-likeness (QED) is 0.637. The van der Waals surface area contributed by atoms with Gasteiger partial charge in [-0.05, 0) is 27.2 Å². The summed E-state index contributed by atoms with van der Waals surface area (Å²) in [4.78, 5) is 13.3. The molecule has 1 aliphatic heterocycles. The molecule has 1 saturated heterocycles. The van der Waals surface area contributed by atoms with Crippen LogP contribution < -0.4 is 5.32 Å². The maximum absolute atomic E-state index is 11.6. The smallest absolute Gasteiger partial charge is 0.410 e. The topological polar surface area (TPSA) is 43.6 Å². The molecular weight excluding hydrogens is 180 g/mol. The van der Waals surface area contributed by atoms with E-state index in [1.54, 1.807) is 11.9 Å². The second-order valence-electron chi connectivity index (χ2n) is 4.66. The highest BCUT2D eigenvalue weighted by Gasteiger charge is 2.27. The lowest BCUT2D eigenvalue weighted by Crippen LogP contribution is -2.41. The molecule has 1 unspecified atom stereocenters. The number of amides is 1. The third kappa shape index (κ3) is 3.18. The van der Waals surface area contributed by atoms with Gasteiger partial charge >= 0.3 is 6.09 Å². The predicted octanol–water partition coefficient (Wildman–Crippen LogP) is 1.23. The van der Waals surface area contributed by atoms with Gasteiger partial charge in [-0.3, -0.25) is 0 Å². The van der Waals surface area contributed by atoms with E-state index in [0.29, 0.717) is 0 Å². The van der Waals surface area contributed by atoms with Crippen molar-refractivity contribution in [1.29, 1.82) is 0 Å². The number of rotatable bonds is 1. The monoisotopic (exact) mass is 199 g/mol. The van der Waals surface area contributed by atoms with Crippen molar-refractivity contribution in [3.63, 3.8) is 0 Å². The van der Waals surface area contributed by atoms with E-state index in [1.165, 1.54) is 0 Å². The van der Waals surface area contributed by atoms with Gasteiger partial charge in [0.2, 0.25) is 0 Å². The Hall–Kier alpha value is -0.770. The molecule has 1 atom stereocenters. The number of hydrogen-bond acceptors (Lipinski definition) is 2. The molecule has 4 heteroatoms. The Morgan fingerprint density at radius 3 is 2.57 bits per heavy atom. The van der Waals surface area contributed by atoms with Crippen molar-refractivity contribution in [1.82, 2.24) is 10.2 Å². The molecule has 1 radical (unpaired) electrons. The molecule has 1 aliphatic rings. The number of carbonyl (C=O) groups excluding carboxylic acids is 1. The summed E-state index contributed by atoms with van der Waals surface area (Å²) in [6, 6.07) is 0.227. The van der Waals surface area contributed by atoms with Gasteiger partial charge in [0.1, 0.15) is 5.60 Å². The van der Waals surface area contributed by atoms with Crippen LogP contribution >= 0.6 is 0 Å². The first kappa shape index (κ1) is 11.3. The number of carbonyl (C=O) groups is 1. The first-order valence-electron chi connectivity index (χ1n) is 4.99. The highest BCUT2D eigenvalue weighted by Crippen LogP contribution is 2.13. The van der Waals surface area contributed by atoms with E-state index in [-0.39, 0.29) is 12.1 Å². The van der Waals surface area contributed by atoms with Crippen LogP contribution in [0.15, 0.2) is 0 Å². The molecule has 0 aliphatic carbocycles. The van der Waals surface area contributed by atoms with Crippen LogP contribution in [0.3, 0.4) is 0 Å². The molecule has 4 nitrogen and oxygen atoms in total. The van der Waals surface area contributed by atoms with E-state index in [1.807, 2.05) is 20.8 Å². The lowest BCUT2D eigenvalue weighted by atomic mass is 10.2. The van der Waals surface area contributed by atoms with Gasteiger partial charge < -0.3 is 9.64 Å². The van der Waals surface area contributed by atoms with Crippen LogP contribution in [0, 0.1) is 0 Å². The summed E-state index contributed by atoms with van der Waals surface area (Å²) in [5.74, 6) is 0. The molecule has 0 spiro atoms. The van der Waals surface area contributed by atoms with Gasteiger partial charge in [0.05, 0.1) is 6.04 Å². The van der Waals surface area contributed by atoms with Crippen LogP contribution in [0.2, 0.25) is 0 Å². The zero-order valence-electron chi connectivity index (χ0n) is 9.41. The van der Waals surface area contributed by atoms with Crippen LogP contribution in [0.4, 0.5) is 4.79 Å². The number of nitrogens with zero attached hydrogens (tertiary/aromatic N) is 2. The van der Waals surface area contributed by atoms with E-state index in [2.05, 4.69) is 5.32 Å². The molecule has 14 heavy (non-hydrogen) atoms. The first-order chi connectivity index (χ1) is 6.40. The zero-order valence-corrected chi connectivity index (χ0v) is 9.41. The van der Waals surface area contributed by atoms with Gasteiger partial charge in [-0.2, -0.15) is 0 Å². The summed E-state index contributed by atoms with van der Waals surface area (Å²) in [7, 11) is 1.78. The van der Waals surface area contributed by atoms with Crippen molar-refractivity contribution in [2.45, 2.75) is 38.8 Å². The van der Waals surface area contributed by atoms with Gasteiger partial charge in [-0.1, -0.05) is 0 Å². The normalized spacial score (nSPS) is 22.1. The van der Waals surface area contributed by atoms with Crippen LogP contribution in [0.1, 0.15) is 27.2 Å². The Kier molecular flexibility index (Phi) is 3.37. The molecule has 1 amide bonds. The zero-order chi connectivity index (χ0) is 10.8. The molecule has 1 fully saturated rings. The third-order valence-corrected chi connectivity index (χ3v) is 2.19. The minimum absolute atomic E-state index is 0.227. The summed E-state index contributed by atoms with van der Waals surface area (Å²) in [6.45, 7) is 7.22. The summed E-state index contributed by atoms with van der Waals surface area (Å²) >= 11 is 0. The van der Waals surface area contributed by atoms with Gasteiger partial charge in [-0.25, -0.2) is 10.1 Å². The van der Waals surface area contributed by atoms with Gasteiger partial charge in [0, 0.05) is 20.1 Å². The van der Waals surface area contributed by atoms with Crippen molar-refractivity contribution in [2.24, 2.45) is 0 Å². The SMILES string of the molecule is CN(C(=O)OC(C)(C)C)C1CC[N]C1. The average Bonchev–Trinajstić information content (AvgIpc) is 2.51. The standard InChI is InChI=1S/C10H19N2O2/c1-10(2,3)14-9(13)12(4)8-5-6-11-7-8/h8H,5-7H2,1-4H3. The summed E-state index contributed by atoms with van der Waals surface area (Å²) < 4.78 is 5.26. The molecule has 0 saturated carbocycles. The van der Waals surface area contributed by atoms with Crippen LogP contribution in [-0.4, -0.2) is 42.8 Å². The van der Waals surface area contributed by atoms with Crippen molar-refractivity contribution in [3.05, 3.63) is 0 Å². The number of likely N-dealkylation sites (N-methyl/N-ethyl adjacent to an activating group) is 1. The third-order valence-electron chi connectivity index (χ3n) is 2.19. The lowest BCUT2D eigenvalue weighted by molar-refractivity contribution is 0.0236. The van der Waals surface area contributed by atoms with Crippen LogP contribution in [0.25, 0.3) is 0 Å². The lowest BCUT2D eigenvalue weighted by Gasteiger charge is -2.27. The minimum Gasteiger partial charge on any atom is -0.444 e. The highest BCUT2D eigenvalue weighted by atomic mass is 16.6. The van der Waals surface area contributed by atoms with Crippen LogP contribution in [-0.2, 0) is 4.74 Å². The van der Waals surface area contributed by atoms with E-state index in [0.717, 1.165) is 19.5 Å². The Bertz CT molecular complexity index is 205. The van der Waals surface area contributed by atoms with Gasteiger partial charge in [0.25, 0.3) is 0 Å². The van der Waals surface area contributed by atoms with Crippen molar-refractivity contribution in [2.75, 3.05) is 20.1 Å². The Balaban J connectivity index is 2.43. The second kappa shape index (κ2) is 4.17. The summed E-state index contributed by atoms with van der Waals surface area (Å²) in [5, 5.41) is 4.22. The van der Waals surface area contributed by atoms with E-state index in [9.17, 15) is 4.79 Å². The Morgan fingerprint density at radius 2 is 2.14 bits per heavy atom. The molecule has 0 bridgehead atoms. The van der Waals surface area contributed by atoms with Crippen molar-refractivity contribution >= 4 is 6.09 Å². The van der Waals surface area contributed by atoms with Gasteiger partial charge in [0.15, 0.2) is 0 Å².